The number of aliphatic hydroxyl groups excluding tert-OH is 1. The Hall–Kier alpha value is -2.15. The lowest BCUT2D eigenvalue weighted by atomic mass is 9.96. The highest BCUT2D eigenvalue weighted by molar-refractivity contribution is 5.99. The minimum Gasteiger partial charge on any atom is -0.399 e. The first-order chi connectivity index (χ1) is 9.40. The van der Waals surface area contributed by atoms with Crippen molar-refractivity contribution in [3.05, 3.63) is 33.9 Å². The number of likely N-dealkylation sites (tertiary alicyclic amines) is 1. The van der Waals surface area contributed by atoms with Crippen molar-refractivity contribution in [2.75, 3.05) is 18.8 Å². The van der Waals surface area contributed by atoms with Crippen molar-refractivity contribution in [1.29, 1.82) is 0 Å². The van der Waals surface area contributed by atoms with Gasteiger partial charge in [0, 0.05) is 24.8 Å². The molecule has 1 aromatic carbocycles. The Balaban J connectivity index is 2.29. The van der Waals surface area contributed by atoms with Gasteiger partial charge in [-0.05, 0) is 24.5 Å². The second-order valence-corrected chi connectivity index (χ2v) is 5.12. The number of rotatable bonds is 2. The van der Waals surface area contributed by atoms with Crippen LogP contribution in [0, 0.1) is 16.0 Å². The zero-order valence-corrected chi connectivity index (χ0v) is 11.2. The van der Waals surface area contributed by atoms with E-state index in [-0.39, 0.29) is 17.2 Å². The fourth-order valence-corrected chi connectivity index (χ4v) is 2.37. The standard InChI is InChI=1S/C13H17N3O4/c1-8-7-15(5-4-12(8)17)13(18)10-6-9(14)2-3-11(10)16(19)20/h2-3,6,8,12,17H,4-5,7,14H2,1H3. The predicted molar refractivity (Wildman–Crippen MR) is 73.2 cm³/mol. The first-order valence-electron chi connectivity index (χ1n) is 6.41. The van der Waals surface area contributed by atoms with Crippen LogP contribution in [0.2, 0.25) is 0 Å². The number of benzene rings is 1. The van der Waals surface area contributed by atoms with Crippen LogP contribution in [-0.2, 0) is 0 Å². The molecule has 2 atom stereocenters. The first kappa shape index (κ1) is 14.3. The summed E-state index contributed by atoms with van der Waals surface area (Å²) >= 11 is 0. The van der Waals surface area contributed by atoms with Crippen LogP contribution < -0.4 is 5.73 Å². The van der Waals surface area contributed by atoms with E-state index in [1.54, 1.807) is 0 Å². The number of amides is 1. The fraction of sp³-hybridized carbons (Fsp3) is 0.462. The second-order valence-electron chi connectivity index (χ2n) is 5.12. The topological polar surface area (TPSA) is 110 Å². The summed E-state index contributed by atoms with van der Waals surface area (Å²) < 4.78 is 0. The van der Waals surface area contributed by atoms with Gasteiger partial charge in [0.05, 0.1) is 11.0 Å². The normalized spacial score (nSPS) is 22.6. The summed E-state index contributed by atoms with van der Waals surface area (Å²) in [4.78, 5) is 24.3. The Kier molecular flexibility index (Phi) is 3.89. The number of carbonyl (C=O) groups excluding carboxylic acids is 1. The van der Waals surface area contributed by atoms with Gasteiger partial charge in [0.15, 0.2) is 0 Å². The van der Waals surface area contributed by atoms with Crippen molar-refractivity contribution in [3.63, 3.8) is 0 Å². The van der Waals surface area contributed by atoms with E-state index >= 15 is 0 Å². The Morgan fingerprint density at radius 2 is 2.25 bits per heavy atom. The van der Waals surface area contributed by atoms with Crippen molar-refractivity contribution < 1.29 is 14.8 Å². The fourth-order valence-electron chi connectivity index (χ4n) is 2.37. The Bertz CT molecular complexity index is 546. The summed E-state index contributed by atoms with van der Waals surface area (Å²) in [5.74, 6) is -0.462. The van der Waals surface area contributed by atoms with Gasteiger partial charge in [-0.1, -0.05) is 6.92 Å². The number of piperidine rings is 1. The van der Waals surface area contributed by atoms with Crippen LogP contribution in [0.1, 0.15) is 23.7 Å². The maximum Gasteiger partial charge on any atom is 0.282 e. The zero-order valence-electron chi connectivity index (χ0n) is 11.2. The molecule has 2 rings (SSSR count). The van der Waals surface area contributed by atoms with E-state index < -0.39 is 16.9 Å². The van der Waals surface area contributed by atoms with Crippen molar-refractivity contribution in [2.45, 2.75) is 19.4 Å². The molecule has 7 nitrogen and oxygen atoms in total. The molecule has 3 N–H and O–H groups in total. The summed E-state index contributed by atoms with van der Waals surface area (Å²) in [6, 6.07) is 3.97. The van der Waals surface area contributed by atoms with Gasteiger partial charge in [0.25, 0.3) is 11.6 Å². The molecule has 0 bridgehead atoms. The maximum absolute atomic E-state index is 12.4. The van der Waals surface area contributed by atoms with Crippen LogP contribution in [0.4, 0.5) is 11.4 Å². The SMILES string of the molecule is CC1CN(C(=O)c2cc(N)ccc2[N+](=O)[O-])CCC1O. The number of nitrogens with two attached hydrogens (primary N) is 1. The second kappa shape index (κ2) is 5.46. The van der Waals surface area contributed by atoms with E-state index in [4.69, 9.17) is 5.73 Å². The molecule has 2 unspecified atom stereocenters. The number of nitrogen functional groups attached to an aromatic ring is 1. The van der Waals surface area contributed by atoms with Crippen LogP contribution in [0.25, 0.3) is 0 Å². The average Bonchev–Trinajstić information content (AvgIpc) is 2.40. The first-order valence-corrected chi connectivity index (χ1v) is 6.41. The van der Waals surface area contributed by atoms with Crippen molar-refractivity contribution >= 4 is 17.3 Å². The molecule has 0 spiro atoms. The van der Waals surface area contributed by atoms with Crippen LogP contribution in [0.15, 0.2) is 18.2 Å². The van der Waals surface area contributed by atoms with E-state index in [1.807, 2.05) is 6.92 Å². The predicted octanol–water partition coefficient (Wildman–Crippen LogP) is 1.02. The molecule has 0 aromatic heterocycles. The lowest BCUT2D eigenvalue weighted by Gasteiger charge is -2.34. The largest absolute Gasteiger partial charge is 0.399 e. The average molecular weight is 279 g/mol. The van der Waals surface area contributed by atoms with Crippen LogP contribution in [0.5, 0.6) is 0 Å². The van der Waals surface area contributed by atoms with Gasteiger partial charge in [-0.3, -0.25) is 14.9 Å². The molecule has 1 fully saturated rings. The number of nitro benzene ring substituents is 1. The van der Waals surface area contributed by atoms with E-state index in [2.05, 4.69) is 0 Å². The van der Waals surface area contributed by atoms with Gasteiger partial charge in [0.2, 0.25) is 0 Å². The molecule has 7 heteroatoms. The van der Waals surface area contributed by atoms with Gasteiger partial charge >= 0.3 is 0 Å². The monoisotopic (exact) mass is 279 g/mol. The van der Waals surface area contributed by atoms with Crippen LogP contribution in [-0.4, -0.2) is 40.0 Å². The third-order valence-electron chi connectivity index (χ3n) is 3.59. The highest BCUT2D eigenvalue weighted by Gasteiger charge is 2.31. The van der Waals surface area contributed by atoms with Crippen LogP contribution >= 0.6 is 0 Å². The lowest BCUT2D eigenvalue weighted by molar-refractivity contribution is -0.385. The van der Waals surface area contributed by atoms with E-state index in [9.17, 15) is 20.0 Å². The van der Waals surface area contributed by atoms with Gasteiger partial charge in [-0.15, -0.1) is 0 Å². The minimum atomic E-state index is -0.588. The maximum atomic E-state index is 12.4. The highest BCUT2D eigenvalue weighted by atomic mass is 16.6. The number of nitro groups is 1. The Labute approximate surface area is 116 Å². The molecular weight excluding hydrogens is 262 g/mol. The third-order valence-corrected chi connectivity index (χ3v) is 3.59. The third kappa shape index (κ3) is 2.72. The van der Waals surface area contributed by atoms with Crippen molar-refractivity contribution in [3.8, 4) is 0 Å². The lowest BCUT2D eigenvalue weighted by Crippen LogP contribution is -2.45. The number of aliphatic hydroxyl groups is 1. The molecular formula is C13H17N3O4. The molecule has 1 heterocycles. The number of nitrogens with zero attached hydrogens (tertiary/aromatic N) is 2. The summed E-state index contributed by atoms with van der Waals surface area (Å²) in [6.45, 7) is 2.61. The number of hydrogen-bond acceptors (Lipinski definition) is 5. The molecule has 20 heavy (non-hydrogen) atoms. The van der Waals surface area contributed by atoms with Crippen molar-refractivity contribution in [2.24, 2.45) is 5.92 Å². The molecule has 1 aliphatic rings. The number of anilines is 1. The number of carbonyl (C=O) groups is 1. The Morgan fingerprint density at radius 3 is 2.85 bits per heavy atom. The van der Waals surface area contributed by atoms with Crippen LogP contribution in [0.3, 0.4) is 0 Å². The van der Waals surface area contributed by atoms with Gasteiger partial charge in [0.1, 0.15) is 5.56 Å². The molecule has 1 amide bonds. The van der Waals surface area contributed by atoms with Gasteiger partial charge in [-0.25, -0.2) is 0 Å². The summed E-state index contributed by atoms with van der Waals surface area (Å²) in [5.41, 5.74) is 5.67. The molecule has 0 aliphatic carbocycles. The molecule has 1 aliphatic heterocycles. The summed E-state index contributed by atoms with van der Waals surface area (Å²) in [6.07, 6.45) is 0.0399. The number of hydrogen-bond donors (Lipinski definition) is 2. The van der Waals surface area contributed by atoms with E-state index in [0.29, 0.717) is 25.2 Å². The molecule has 0 radical (unpaired) electrons. The molecule has 108 valence electrons. The van der Waals surface area contributed by atoms with Gasteiger partial charge in [-0.2, -0.15) is 0 Å². The molecule has 1 saturated heterocycles. The summed E-state index contributed by atoms with van der Waals surface area (Å²) in [5, 5.41) is 20.7. The zero-order chi connectivity index (χ0) is 14.9. The molecule has 0 saturated carbocycles. The minimum absolute atomic E-state index is 0.00131. The molecule has 1 aromatic rings. The smallest absolute Gasteiger partial charge is 0.282 e. The Morgan fingerprint density at radius 1 is 1.55 bits per heavy atom. The quantitative estimate of drug-likeness (QED) is 0.477. The van der Waals surface area contributed by atoms with Crippen molar-refractivity contribution in [1.82, 2.24) is 4.90 Å². The highest BCUT2D eigenvalue weighted by Crippen LogP contribution is 2.25. The van der Waals surface area contributed by atoms with E-state index in [0.717, 1.165) is 0 Å². The van der Waals surface area contributed by atoms with Gasteiger partial charge < -0.3 is 15.7 Å². The van der Waals surface area contributed by atoms with E-state index in [1.165, 1.54) is 23.1 Å². The summed E-state index contributed by atoms with van der Waals surface area (Å²) in [7, 11) is 0.